The first-order valence-corrected chi connectivity index (χ1v) is 8.85. The van der Waals surface area contributed by atoms with Crippen molar-refractivity contribution in [1.29, 1.82) is 0 Å². The lowest BCUT2D eigenvalue weighted by atomic mass is 10.1. The van der Waals surface area contributed by atoms with Crippen molar-refractivity contribution < 1.29 is 8.42 Å². The minimum absolute atomic E-state index is 0.325. The molecular formula is C14H20ClNO2S. The Bertz CT molecular complexity index is 553. The van der Waals surface area contributed by atoms with Crippen molar-refractivity contribution in [3.8, 4) is 0 Å². The summed E-state index contributed by atoms with van der Waals surface area (Å²) in [5.41, 5.74) is 0.675. The maximum atomic E-state index is 11.8. The van der Waals surface area contributed by atoms with Gasteiger partial charge >= 0.3 is 0 Å². The largest absolute Gasteiger partial charge is 0.310 e. The molecule has 1 aromatic carbocycles. The maximum Gasteiger partial charge on any atom is 0.175 e. The second-order valence-corrected chi connectivity index (χ2v) is 7.84. The molecule has 3 nitrogen and oxygen atoms in total. The highest BCUT2D eigenvalue weighted by Gasteiger charge is 2.23. The van der Waals surface area contributed by atoms with E-state index < -0.39 is 9.84 Å². The van der Waals surface area contributed by atoms with Crippen LogP contribution in [0.5, 0.6) is 0 Å². The van der Waals surface area contributed by atoms with Crippen molar-refractivity contribution in [1.82, 2.24) is 5.32 Å². The minimum atomic E-state index is -3.24. The second kappa shape index (κ2) is 5.81. The molecule has 0 bridgehead atoms. The van der Waals surface area contributed by atoms with Crippen LogP contribution in [0.4, 0.5) is 0 Å². The molecule has 0 amide bonds. The van der Waals surface area contributed by atoms with Gasteiger partial charge in [0.2, 0.25) is 0 Å². The van der Waals surface area contributed by atoms with Gasteiger partial charge in [0.05, 0.1) is 4.90 Å². The Morgan fingerprint density at radius 1 is 1.42 bits per heavy atom. The van der Waals surface area contributed by atoms with Gasteiger partial charge in [-0.25, -0.2) is 8.42 Å². The highest BCUT2D eigenvalue weighted by atomic mass is 35.5. The van der Waals surface area contributed by atoms with Crippen LogP contribution in [0, 0.1) is 5.92 Å². The molecule has 1 saturated carbocycles. The van der Waals surface area contributed by atoms with Crippen molar-refractivity contribution >= 4 is 21.4 Å². The van der Waals surface area contributed by atoms with Gasteiger partial charge in [-0.15, -0.1) is 0 Å². The Hall–Kier alpha value is -0.580. The van der Waals surface area contributed by atoms with Crippen LogP contribution in [-0.4, -0.2) is 20.7 Å². The zero-order valence-electron chi connectivity index (χ0n) is 11.3. The average molecular weight is 302 g/mol. The fraction of sp³-hybridized carbons (Fsp3) is 0.571. The van der Waals surface area contributed by atoms with E-state index in [0.717, 1.165) is 12.3 Å². The number of rotatable bonds is 6. The van der Waals surface area contributed by atoms with E-state index in [1.54, 1.807) is 18.2 Å². The summed E-state index contributed by atoms with van der Waals surface area (Å²) in [4.78, 5) is 0.325. The molecule has 106 valence electrons. The van der Waals surface area contributed by atoms with E-state index in [0.29, 0.717) is 28.1 Å². The van der Waals surface area contributed by atoms with Crippen molar-refractivity contribution in [2.45, 2.75) is 43.7 Å². The first kappa shape index (κ1) is 14.8. The molecular weight excluding hydrogens is 282 g/mol. The maximum absolute atomic E-state index is 11.8. The molecule has 0 aliphatic heterocycles. The molecule has 1 unspecified atom stereocenters. The normalized spacial score (nSPS) is 17.4. The third kappa shape index (κ3) is 4.20. The molecule has 1 aromatic rings. The monoisotopic (exact) mass is 301 g/mol. The van der Waals surface area contributed by atoms with E-state index in [1.165, 1.54) is 19.1 Å². The topological polar surface area (TPSA) is 46.2 Å². The molecule has 1 atom stereocenters. The summed E-state index contributed by atoms with van der Waals surface area (Å²) in [6.07, 6.45) is 5.02. The van der Waals surface area contributed by atoms with E-state index >= 15 is 0 Å². The highest BCUT2D eigenvalue weighted by Crippen LogP contribution is 2.33. The molecule has 1 aliphatic carbocycles. The third-order valence-electron chi connectivity index (χ3n) is 3.49. The highest BCUT2D eigenvalue weighted by molar-refractivity contribution is 7.90. The van der Waals surface area contributed by atoms with E-state index in [-0.39, 0.29) is 0 Å². The van der Waals surface area contributed by atoms with Gasteiger partial charge < -0.3 is 5.32 Å². The van der Waals surface area contributed by atoms with Crippen LogP contribution in [0.1, 0.15) is 31.7 Å². The second-order valence-electron chi connectivity index (χ2n) is 5.45. The van der Waals surface area contributed by atoms with Gasteiger partial charge in [0, 0.05) is 29.4 Å². The summed E-state index contributed by atoms with van der Waals surface area (Å²) in [6, 6.07) is 5.41. The Kier molecular flexibility index (Phi) is 4.54. The molecule has 1 aliphatic rings. The predicted molar refractivity (Wildman–Crippen MR) is 78.2 cm³/mol. The summed E-state index contributed by atoms with van der Waals surface area (Å²) in [6.45, 7) is 2.63. The van der Waals surface area contributed by atoms with E-state index in [9.17, 15) is 8.42 Å². The number of sulfone groups is 1. The predicted octanol–water partition coefficient (Wildman–Crippen LogP) is 3.02. The smallest absolute Gasteiger partial charge is 0.175 e. The van der Waals surface area contributed by atoms with Crippen LogP contribution in [-0.2, 0) is 16.4 Å². The third-order valence-corrected chi connectivity index (χ3v) is 5.02. The van der Waals surface area contributed by atoms with Crippen molar-refractivity contribution in [2.24, 2.45) is 5.92 Å². The summed E-state index contributed by atoms with van der Waals surface area (Å²) < 4.78 is 23.5. The molecule has 1 N–H and O–H groups in total. The van der Waals surface area contributed by atoms with E-state index in [2.05, 4.69) is 12.2 Å². The van der Waals surface area contributed by atoms with Gasteiger partial charge in [0.1, 0.15) is 0 Å². The van der Waals surface area contributed by atoms with E-state index in [4.69, 9.17) is 11.6 Å². The quantitative estimate of drug-likeness (QED) is 0.878. The minimum Gasteiger partial charge on any atom is -0.310 e. The Morgan fingerprint density at radius 2 is 2.11 bits per heavy atom. The molecule has 0 radical (unpaired) electrons. The van der Waals surface area contributed by atoms with Gasteiger partial charge in [0.25, 0.3) is 0 Å². The SMILES string of the molecule is CC(CC1CC1)NCc1c(Cl)cccc1S(C)(=O)=O. The van der Waals surface area contributed by atoms with Crippen LogP contribution < -0.4 is 5.32 Å². The number of nitrogens with one attached hydrogen (secondary N) is 1. The van der Waals surface area contributed by atoms with E-state index in [1.807, 2.05) is 0 Å². The first-order chi connectivity index (χ1) is 8.88. The molecule has 0 aromatic heterocycles. The zero-order chi connectivity index (χ0) is 14.0. The lowest BCUT2D eigenvalue weighted by Crippen LogP contribution is -2.26. The lowest BCUT2D eigenvalue weighted by Gasteiger charge is -2.16. The van der Waals surface area contributed by atoms with Crippen LogP contribution in [0.15, 0.2) is 23.1 Å². The van der Waals surface area contributed by atoms with Gasteiger partial charge in [-0.3, -0.25) is 0 Å². The average Bonchev–Trinajstić information content (AvgIpc) is 3.09. The first-order valence-electron chi connectivity index (χ1n) is 6.58. The van der Waals surface area contributed by atoms with Gasteiger partial charge in [-0.05, 0) is 31.4 Å². The van der Waals surface area contributed by atoms with Crippen LogP contribution >= 0.6 is 11.6 Å². The zero-order valence-corrected chi connectivity index (χ0v) is 12.9. The molecule has 0 saturated heterocycles. The number of benzene rings is 1. The molecule has 1 fully saturated rings. The standard InChI is InChI=1S/C14H20ClNO2S/c1-10(8-11-6-7-11)16-9-12-13(15)4-3-5-14(12)19(2,17)18/h3-5,10-11,16H,6-9H2,1-2H3. The molecule has 0 spiro atoms. The summed E-state index contributed by atoms with van der Waals surface area (Å²) in [5, 5.41) is 3.88. The number of hydrogen-bond acceptors (Lipinski definition) is 3. The summed E-state index contributed by atoms with van der Waals surface area (Å²) in [7, 11) is -3.24. The Labute approximate surface area is 120 Å². The molecule has 2 rings (SSSR count). The van der Waals surface area contributed by atoms with Gasteiger partial charge in [0.15, 0.2) is 9.84 Å². The van der Waals surface area contributed by atoms with Crippen molar-refractivity contribution in [3.63, 3.8) is 0 Å². The molecule has 0 heterocycles. The van der Waals surface area contributed by atoms with Crippen molar-refractivity contribution in [2.75, 3.05) is 6.26 Å². The number of halogens is 1. The van der Waals surface area contributed by atoms with Crippen LogP contribution in [0.3, 0.4) is 0 Å². The summed E-state index contributed by atoms with van der Waals surface area (Å²) >= 11 is 6.13. The van der Waals surface area contributed by atoms with Crippen LogP contribution in [0.25, 0.3) is 0 Å². The fourth-order valence-corrected chi connectivity index (χ4v) is 3.52. The molecule has 5 heteroatoms. The Morgan fingerprint density at radius 3 is 2.68 bits per heavy atom. The fourth-order valence-electron chi connectivity index (χ4n) is 2.27. The molecule has 19 heavy (non-hydrogen) atoms. The lowest BCUT2D eigenvalue weighted by molar-refractivity contribution is 0.485. The Balaban J connectivity index is 2.10. The van der Waals surface area contributed by atoms with Crippen molar-refractivity contribution in [3.05, 3.63) is 28.8 Å². The van der Waals surface area contributed by atoms with Crippen LogP contribution in [0.2, 0.25) is 5.02 Å². The number of hydrogen-bond donors (Lipinski definition) is 1. The summed E-state index contributed by atoms with van der Waals surface area (Å²) in [5.74, 6) is 0.850. The van der Waals surface area contributed by atoms with Gasteiger partial charge in [-0.1, -0.05) is 30.5 Å². The van der Waals surface area contributed by atoms with Gasteiger partial charge in [-0.2, -0.15) is 0 Å².